The van der Waals surface area contributed by atoms with E-state index in [9.17, 15) is 0 Å². The summed E-state index contributed by atoms with van der Waals surface area (Å²) in [6, 6.07) is 8.50. The van der Waals surface area contributed by atoms with Crippen LogP contribution in [0.15, 0.2) is 24.3 Å². The Morgan fingerprint density at radius 2 is 2.14 bits per heavy atom. The molecule has 2 N–H and O–H groups in total. The predicted octanol–water partition coefficient (Wildman–Crippen LogP) is 2.65. The number of fused-ring (bicyclic) bond motifs is 3. The molecule has 0 bridgehead atoms. The van der Waals surface area contributed by atoms with Gasteiger partial charge in [-0.25, -0.2) is 4.68 Å². The maximum Gasteiger partial charge on any atom is 0.153 e. The lowest BCUT2D eigenvalue weighted by Crippen LogP contribution is -2.25. The molecule has 0 aliphatic carbocycles. The van der Waals surface area contributed by atoms with Gasteiger partial charge in [0, 0.05) is 24.2 Å². The quantitative estimate of drug-likeness (QED) is 0.890. The zero-order chi connectivity index (χ0) is 14.2. The highest BCUT2D eigenvalue weighted by Gasteiger charge is 2.29. The second kappa shape index (κ2) is 4.98. The Morgan fingerprint density at radius 3 is 3.05 bits per heavy atom. The monoisotopic (exact) mass is 284 g/mol. The number of hydrogen-bond acceptors (Lipinski definition) is 4. The van der Waals surface area contributed by atoms with E-state index < -0.39 is 0 Å². The number of benzene rings is 1. The molecule has 5 heteroatoms. The fourth-order valence-electron chi connectivity index (χ4n) is 3.41. The van der Waals surface area contributed by atoms with Crippen molar-refractivity contribution in [1.82, 2.24) is 9.78 Å². The molecule has 1 unspecified atom stereocenters. The van der Waals surface area contributed by atoms with Crippen LogP contribution in [0.25, 0.3) is 0 Å². The standard InChI is InChI=1S/C16H20N4O/c1-21-14-7-3-2-5-11(14)13-8-10-18-16-12-6-4-9-17-15(12)19-20(13)16/h2-3,5,7,13,18H,4,6,8-10H2,1H3,(H,17,19). The highest BCUT2D eigenvalue weighted by atomic mass is 16.5. The van der Waals surface area contributed by atoms with Crippen LogP contribution in [-0.4, -0.2) is 30.0 Å². The number of anilines is 2. The SMILES string of the molecule is COc1ccccc1C1CCNc2c3c(nn21)NCCC3. The van der Waals surface area contributed by atoms with Crippen molar-refractivity contribution in [3.05, 3.63) is 35.4 Å². The van der Waals surface area contributed by atoms with E-state index >= 15 is 0 Å². The largest absolute Gasteiger partial charge is 0.496 e. The Bertz CT molecular complexity index is 664. The van der Waals surface area contributed by atoms with Crippen LogP contribution in [0.1, 0.15) is 30.0 Å². The zero-order valence-electron chi connectivity index (χ0n) is 12.2. The molecular weight excluding hydrogens is 264 g/mol. The first-order chi connectivity index (χ1) is 10.4. The third kappa shape index (κ3) is 1.95. The van der Waals surface area contributed by atoms with Gasteiger partial charge >= 0.3 is 0 Å². The van der Waals surface area contributed by atoms with Crippen LogP contribution in [0.2, 0.25) is 0 Å². The Kier molecular flexibility index (Phi) is 2.98. The van der Waals surface area contributed by atoms with Gasteiger partial charge in [0.15, 0.2) is 5.82 Å². The van der Waals surface area contributed by atoms with Crippen molar-refractivity contribution in [2.45, 2.75) is 25.3 Å². The molecule has 2 aliphatic rings. The molecule has 0 saturated heterocycles. The van der Waals surface area contributed by atoms with E-state index in [4.69, 9.17) is 9.84 Å². The molecule has 1 aromatic heterocycles. The van der Waals surface area contributed by atoms with E-state index in [1.807, 2.05) is 12.1 Å². The molecule has 2 aromatic rings. The normalized spacial score (nSPS) is 20.0. The lowest BCUT2D eigenvalue weighted by molar-refractivity contribution is 0.392. The van der Waals surface area contributed by atoms with Gasteiger partial charge in [-0.2, -0.15) is 5.10 Å². The van der Waals surface area contributed by atoms with E-state index in [1.165, 1.54) is 23.4 Å². The van der Waals surface area contributed by atoms with Gasteiger partial charge in [-0.3, -0.25) is 0 Å². The number of para-hydroxylation sites is 1. The number of rotatable bonds is 2. The molecule has 1 aromatic carbocycles. The summed E-state index contributed by atoms with van der Waals surface area (Å²) in [5.41, 5.74) is 2.54. The van der Waals surface area contributed by atoms with Crippen molar-refractivity contribution >= 4 is 11.6 Å². The number of nitrogens with zero attached hydrogens (tertiary/aromatic N) is 2. The molecule has 21 heavy (non-hydrogen) atoms. The lowest BCUT2D eigenvalue weighted by atomic mass is 10.0. The summed E-state index contributed by atoms with van der Waals surface area (Å²) in [6.07, 6.45) is 3.30. The fourth-order valence-corrected chi connectivity index (χ4v) is 3.41. The molecule has 2 aliphatic heterocycles. The van der Waals surface area contributed by atoms with Gasteiger partial charge in [0.25, 0.3) is 0 Å². The highest BCUT2D eigenvalue weighted by molar-refractivity contribution is 5.62. The van der Waals surface area contributed by atoms with Gasteiger partial charge in [0.05, 0.1) is 13.2 Å². The summed E-state index contributed by atoms with van der Waals surface area (Å²) in [5, 5.41) is 11.8. The zero-order valence-corrected chi connectivity index (χ0v) is 12.2. The van der Waals surface area contributed by atoms with Crippen molar-refractivity contribution in [3.63, 3.8) is 0 Å². The van der Waals surface area contributed by atoms with Gasteiger partial charge in [0.1, 0.15) is 11.6 Å². The summed E-state index contributed by atoms with van der Waals surface area (Å²) in [7, 11) is 1.73. The van der Waals surface area contributed by atoms with E-state index in [0.717, 1.165) is 37.5 Å². The molecule has 1 atom stereocenters. The summed E-state index contributed by atoms with van der Waals surface area (Å²) in [4.78, 5) is 0. The van der Waals surface area contributed by atoms with Gasteiger partial charge < -0.3 is 15.4 Å². The summed E-state index contributed by atoms with van der Waals surface area (Å²) >= 11 is 0. The average Bonchev–Trinajstić information content (AvgIpc) is 2.93. The molecule has 5 nitrogen and oxygen atoms in total. The number of ether oxygens (including phenoxy) is 1. The van der Waals surface area contributed by atoms with Gasteiger partial charge in [-0.1, -0.05) is 18.2 Å². The first-order valence-corrected chi connectivity index (χ1v) is 7.60. The Morgan fingerprint density at radius 1 is 1.24 bits per heavy atom. The van der Waals surface area contributed by atoms with Crippen LogP contribution in [0.4, 0.5) is 11.6 Å². The van der Waals surface area contributed by atoms with Crippen LogP contribution < -0.4 is 15.4 Å². The lowest BCUT2D eigenvalue weighted by Gasteiger charge is -2.27. The molecule has 0 amide bonds. The second-order valence-corrected chi connectivity index (χ2v) is 5.62. The molecule has 0 spiro atoms. The van der Waals surface area contributed by atoms with Gasteiger partial charge in [-0.15, -0.1) is 0 Å². The fraction of sp³-hybridized carbons (Fsp3) is 0.438. The molecule has 110 valence electrons. The van der Waals surface area contributed by atoms with Crippen molar-refractivity contribution in [1.29, 1.82) is 0 Å². The number of hydrogen-bond donors (Lipinski definition) is 2. The third-order valence-corrected chi connectivity index (χ3v) is 4.41. The van der Waals surface area contributed by atoms with Gasteiger partial charge in [0.2, 0.25) is 0 Å². The molecule has 0 fully saturated rings. The Hall–Kier alpha value is -2.17. The molecule has 0 saturated carbocycles. The Balaban J connectivity index is 1.82. The first kappa shape index (κ1) is 12.6. The van der Waals surface area contributed by atoms with E-state index in [1.54, 1.807) is 7.11 Å². The first-order valence-electron chi connectivity index (χ1n) is 7.60. The molecule has 4 rings (SSSR count). The minimum Gasteiger partial charge on any atom is -0.496 e. The van der Waals surface area contributed by atoms with E-state index in [0.29, 0.717) is 0 Å². The predicted molar refractivity (Wildman–Crippen MR) is 83.3 cm³/mol. The Labute approximate surface area is 124 Å². The highest BCUT2D eigenvalue weighted by Crippen LogP contribution is 2.39. The van der Waals surface area contributed by atoms with Crippen LogP contribution in [0.5, 0.6) is 5.75 Å². The summed E-state index contributed by atoms with van der Waals surface area (Å²) in [6.45, 7) is 1.99. The average molecular weight is 284 g/mol. The van der Waals surface area contributed by atoms with E-state index in [2.05, 4.69) is 27.4 Å². The maximum absolute atomic E-state index is 5.54. The molecule has 0 radical (unpaired) electrons. The van der Waals surface area contributed by atoms with Crippen molar-refractivity contribution in [2.75, 3.05) is 30.8 Å². The number of aromatic nitrogens is 2. The summed E-state index contributed by atoms with van der Waals surface area (Å²) < 4.78 is 7.68. The van der Waals surface area contributed by atoms with Crippen molar-refractivity contribution in [2.24, 2.45) is 0 Å². The van der Waals surface area contributed by atoms with Crippen LogP contribution in [-0.2, 0) is 6.42 Å². The van der Waals surface area contributed by atoms with Gasteiger partial charge in [-0.05, 0) is 25.3 Å². The smallest absolute Gasteiger partial charge is 0.153 e. The van der Waals surface area contributed by atoms with Crippen LogP contribution >= 0.6 is 0 Å². The van der Waals surface area contributed by atoms with Crippen molar-refractivity contribution in [3.8, 4) is 5.75 Å². The molecule has 3 heterocycles. The molecular formula is C16H20N4O. The third-order valence-electron chi connectivity index (χ3n) is 4.41. The minimum absolute atomic E-state index is 0.241. The topological polar surface area (TPSA) is 51.1 Å². The van der Waals surface area contributed by atoms with E-state index in [-0.39, 0.29) is 6.04 Å². The number of nitrogens with one attached hydrogen (secondary N) is 2. The number of methoxy groups -OCH3 is 1. The van der Waals surface area contributed by atoms with Crippen LogP contribution in [0.3, 0.4) is 0 Å². The minimum atomic E-state index is 0.241. The maximum atomic E-state index is 5.54. The van der Waals surface area contributed by atoms with Crippen molar-refractivity contribution < 1.29 is 4.74 Å². The second-order valence-electron chi connectivity index (χ2n) is 5.62. The summed E-state index contributed by atoms with van der Waals surface area (Å²) in [5.74, 6) is 3.17. The van der Waals surface area contributed by atoms with Crippen LogP contribution in [0, 0.1) is 0 Å².